The SMILES string of the molecule is COc1ccc(NC(=O)CN2C[C@@H]3CCC[C@H](C2)C(=O)N3)cc1. The molecule has 1 aromatic rings. The fourth-order valence-corrected chi connectivity index (χ4v) is 3.35. The van der Waals surface area contributed by atoms with Crippen LogP contribution in [0.2, 0.25) is 0 Å². The van der Waals surface area contributed by atoms with E-state index in [0.29, 0.717) is 13.1 Å². The molecule has 0 radical (unpaired) electrons. The van der Waals surface area contributed by atoms with Crippen LogP contribution in [0.3, 0.4) is 0 Å². The van der Waals surface area contributed by atoms with Crippen LogP contribution in [0.15, 0.2) is 24.3 Å². The highest BCUT2D eigenvalue weighted by Crippen LogP contribution is 2.22. The van der Waals surface area contributed by atoms with Crippen molar-refractivity contribution in [1.82, 2.24) is 10.2 Å². The van der Waals surface area contributed by atoms with E-state index >= 15 is 0 Å². The zero-order valence-corrected chi connectivity index (χ0v) is 13.4. The van der Waals surface area contributed by atoms with Crippen molar-refractivity contribution in [3.63, 3.8) is 0 Å². The number of carbonyl (C=O) groups is 2. The first-order valence-corrected chi connectivity index (χ1v) is 8.10. The second-order valence-corrected chi connectivity index (χ2v) is 6.30. The van der Waals surface area contributed by atoms with Crippen LogP contribution in [0.1, 0.15) is 19.3 Å². The van der Waals surface area contributed by atoms with E-state index in [1.807, 2.05) is 24.3 Å². The minimum Gasteiger partial charge on any atom is -0.497 e. The summed E-state index contributed by atoms with van der Waals surface area (Å²) >= 11 is 0. The maximum atomic E-state index is 12.3. The summed E-state index contributed by atoms with van der Waals surface area (Å²) in [7, 11) is 1.61. The van der Waals surface area contributed by atoms with Gasteiger partial charge in [-0.25, -0.2) is 0 Å². The fraction of sp³-hybridized carbons (Fsp3) is 0.529. The largest absolute Gasteiger partial charge is 0.497 e. The third-order valence-electron chi connectivity index (χ3n) is 4.52. The first-order chi connectivity index (χ1) is 11.1. The van der Waals surface area contributed by atoms with Gasteiger partial charge in [0, 0.05) is 24.8 Å². The normalized spacial score (nSPS) is 24.5. The molecule has 0 spiro atoms. The quantitative estimate of drug-likeness (QED) is 0.876. The van der Waals surface area contributed by atoms with Crippen LogP contribution in [0, 0.1) is 5.92 Å². The molecule has 2 amide bonds. The molecule has 0 aromatic heterocycles. The van der Waals surface area contributed by atoms with Crippen molar-refractivity contribution in [2.75, 3.05) is 32.1 Å². The van der Waals surface area contributed by atoms with Crippen molar-refractivity contribution >= 4 is 17.5 Å². The first-order valence-electron chi connectivity index (χ1n) is 8.10. The summed E-state index contributed by atoms with van der Waals surface area (Å²) in [6, 6.07) is 7.44. The minimum absolute atomic E-state index is 0.0105. The van der Waals surface area contributed by atoms with Gasteiger partial charge in [0.2, 0.25) is 11.8 Å². The number of likely N-dealkylation sites (tertiary alicyclic amines) is 1. The van der Waals surface area contributed by atoms with Crippen molar-refractivity contribution in [2.24, 2.45) is 5.92 Å². The molecule has 3 rings (SSSR count). The van der Waals surface area contributed by atoms with Gasteiger partial charge < -0.3 is 15.4 Å². The molecule has 0 saturated carbocycles. The number of nitrogens with zero attached hydrogens (tertiary/aromatic N) is 1. The number of rotatable bonds is 4. The summed E-state index contributed by atoms with van der Waals surface area (Å²) in [5.74, 6) is 0.859. The van der Waals surface area contributed by atoms with Crippen LogP contribution in [-0.2, 0) is 9.59 Å². The molecular weight excluding hydrogens is 294 g/mol. The van der Waals surface area contributed by atoms with E-state index in [4.69, 9.17) is 4.74 Å². The monoisotopic (exact) mass is 317 g/mol. The highest BCUT2D eigenvalue weighted by Gasteiger charge is 2.32. The summed E-state index contributed by atoms with van der Waals surface area (Å²) in [6.45, 7) is 1.73. The summed E-state index contributed by atoms with van der Waals surface area (Å²) < 4.78 is 5.10. The van der Waals surface area contributed by atoms with E-state index in [-0.39, 0.29) is 23.8 Å². The van der Waals surface area contributed by atoms with Gasteiger partial charge in [-0.05, 0) is 37.1 Å². The zero-order chi connectivity index (χ0) is 16.2. The van der Waals surface area contributed by atoms with Crippen molar-refractivity contribution < 1.29 is 14.3 Å². The zero-order valence-electron chi connectivity index (χ0n) is 13.4. The molecule has 1 aromatic carbocycles. The van der Waals surface area contributed by atoms with Crippen molar-refractivity contribution in [3.05, 3.63) is 24.3 Å². The van der Waals surface area contributed by atoms with E-state index in [1.54, 1.807) is 7.11 Å². The highest BCUT2D eigenvalue weighted by atomic mass is 16.5. The number of fused-ring (bicyclic) bond motifs is 3. The van der Waals surface area contributed by atoms with Crippen LogP contribution in [0.25, 0.3) is 0 Å². The molecule has 0 unspecified atom stereocenters. The number of anilines is 1. The van der Waals surface area contributed by atoms with Gasteiger partial charge in [0.1, 0.15) is 5.75 Å². The number of hydrogen-bond donors (Lipinski definition) is 2. The lowest BCUT2D eigenvalue weighted by atomic mass is 9.99. The van der Waals surface area contributed by atoms with Crippen molar-refractivity contribution in [1.29, 1.82) is 0 Å². The summed E-state index contributed by atoms with van der Waals surface area (Å²) in [5, 5.41) is 5.98. The summed E-state index contributed by atoms with van der Waals surface area (Å²) in [6.07, 6.45) is 3.00. The second-order valence-electron chi connectivity index (χ2n) is 6.30. The molecule has 0 aliphatic carbocycles. The van der Waals surface area contributed by atoms with Gasteiger partial charge in [-0.3, -0.25) is 14.5 Å². The van der Waals surface area contributed by atoms with Gasteiger partial charge in [-0.15, -0.1) is 0 Å². The number of hydrogen-bond acceptors (Lipinski definition) is 4. The molecular formula is C17H23N3O3. The first kappa shape index (κ1) is 15.8. The Kier molecular flexibility index (Phi) is 4.81. The minimum atomic E-state index is -0.0532. The lowest BCUT2D eigenvalue weighted by Gasteiger charge is -2.26. The number of amides is 2. The summed E-state index contributed by atoms with van der Waals surface area (Å²) in [5.41, 5.74) is 0.750. The van der Waals surface area contributed by atoms with Crippen LogP contribution in [-0.4, -0.2) is 49.5 Å². The Morgan fingerprint density at radius 2 is 2.09 bits per heavy atom. The molecule has 2 atom stereocenters. The Morgan fingerprint density at radius 1 is 1.30 bits per heavy atom. The van der Waals surface area contributed by atoms with Gasteiger partial charge >= 0.3 is 0 Å². The lowest BCUT2D eigenvalue weighted by Crippen LogP contribution is -2.42. The molecule has 2 fully saturated rings. The highest BCUT2D eigenvalue weighted by molar-refractivity contribution is 5.92. The molecule has 124 valence electrons. The van der Waals surface area contributed by atoms with E-state index in [2.05, 4.69) is 15.5 Å². The van der Waals surface area contributed by atoms with E-state index in [0.717, 1.165) is 37.2 Å². The second kappa shape index (κ2) is 7.00. The van der Waals surface area contributed by atoms with Crippen LogP contribution < -0.4 is 15.4 Å². The molecule has 6 heteroatoms. The van der Waals surface area contributed by atoms with Crippen molar-refractivity contribution in [3.8, 4) is 5.75 Å². The van der Waals surface area contributed by atoms with Gasteiger partial charge in [-0.2, -0.15) is 0 Å². The number of benzene rings is 1. The summed E-state index contributed by atoms with van der Waals surface area (Å²) in [4.78, 5) is 26.4. The Hall–Kier alpha value is -2.08. The molecule has 2 saturated heterocycles. The molecule has 2 N–H and O–H groups in total. The van der Waals surface area contributed by atoms with Crippen LogP contribution in [0.5, 0.6) is 5.75 Å². The predicted octanol–water partition coefficient (Wildman–Crippen LogP) is 1.23. The van der Waals surface area contributed by atoms with Gasteiger partial charge in [-0.1, -0.05) is 6.42 Å². The maximum absolute atomic E-state index is 12.3. The molecule has 2 heterocycles. The predicted molar refractivity (Wildman–Crippen MR) is 87.3 cm³/mol. The molecule has 2 aliphatic rings. The smallest absolute Gasteiger partial charge is 0.238 e. The Morgan fingerprint density at radius 3 is 2.83 bits per heavy atom. The average molecular weight is 317 g/mol. The fourth-order valence-electron chi connectivity index (χ4n) is 3.35. The number of ether oxygens (including phenoxy) is 1. The van der Waals surface area contributed by atoms with Gasteiger partial charge in [0.15, 0.2) is 0 Å². The van der Waals surface area contributed by atoms with E-state index < -0.39 is 0 Å². The maximum Gasteiger partial charge on any atom is 0.238 e. The third-order valence-corrected chi connectivity index (χ3v) is 4.52. The number of carbonyl (C=O) groups excluding carboxylic acids is 2. The average Bonchev–Trinajstić information content (AvgIpc) is 2.76. The molecule has 23 heavy (non-hydrogen) atoms. The van der Waals surface area contributed by atoms with Gasteiger partial charge in [0.25, 0.3) is 0 Å². The third kappa shape index (κ3) is 4.01. The lowest BCUT2D eigenvalue weighted by molar-refractivity contribution is -0.125. The molecule has 2 bridgehead atoms. The Labute approximate surface area is 136 Å². The standard InChI is InChI=1S/C17H23N3O3/c1-23-15-7-5-13(6-8-15)18-16(21)11-20-9-12-3-2-4-14(10-20)19-17(12)22/h5-8,12,14H,2-4,9-11H2,1H3,(H,18,21)(H,19,22)/t12-,14+/m1/s1. The Bertz CT molecular complexity index is 573. The van der Waals surface area contributed by atoms with Crippen molar-refractivity contribution in [2.45, 2.75) is 25.3 Å². The van der Waals surface area contributed by atoms with E-state index in [1.165, 1.54) is 0 Å². The number of methoxy groups -OCH3 is 1. The molecule has 6 nitrogen and oxygen atoms in total. The van der Waals surface area contributed by atoms with E-state index in [9.17, 15) is 9.59 Å². The topological polar surface area (TPSA) is 70.7 Å². The Balaban J connectivity index is 1.57. The van der Waals surface area contributed by atoms with Crippen LogP contribution in [0.4, 0.5) is 5.69 Å². The number of nitrogens with one attached hydrogen (secondary N) is 2. The van der Waals surface area contributed by atoms with Gasteiger partial charge in [0.05, 0.1) is 19.6 Å². The molecule has 2 aliphatic heterocycles. The van der Waals surface area contributed by atoms with Crippen LogP contribution >= 0.6 is 0 Å².